The Hall–Kier alpha value is -3.15. The van der Waals surface area contributed by atoms with Crippen molar-refractivity contribution in [2.75, 3.05) is 13.2 Å². The monoisotopic (exact) mass is 907 g/mol. The summed E-state index contributed by atoms with van der Waals surface area (Å²) in [4.78, 5) is 38.1. The van der Waals surface area contributed by atoms with Gasteiger partial charge < -0.3 is 14.2 Å². The minimum Gasteiger partial charge on any atom is -0.462 e. The Balaban J connectivity index is 4.41. The molecule has 374 valence electrons. The van der Waals surface area contributed by atoms with Crippen molar-refractivity contribution >= 4 is 17.9 Å². The molecule has 0 heterocycles. The van der Waals surface area contributed by atoms with E-state index < -0.39 is 6.10 Å². The molecule has 65 heavy (non-hydrogen) atoms. The van der Waals surface area contributed by atoms with E-state index in [0.717, 1.165) is 116 Å². The lowest BCUT2D eigenvalue weighted by atomic mass is 10.1. The van der Waals surface area contributed by atoms with Crippen molar-refractivity contribution in [1.29, 1.82) is 0 Å². The maximum atomic E-state index is 12.8. The lowest BCUT2D eigenvalue weighted by Gasteiger charge is -2.18. The zero-order valence-corrected chi connectivity index (χ0v) is 42.7. The van der Waals surface area contributed by atoms with Crippen molar-refractivity contribution in [3.63, 3.8) is 0 Å². The standard InChI is InChI=1S/C59H102O6/c1-4-7-10-13-16-19-22-25-27-29-31-34-37-40-43-46-49-52-58(61)64-55-56(54-63-57(60)51-48-45-42-39-36-33-24-21-18-15-12-9-6-3)65-59(62)53-50-47-44-41-38-35-32-30-28-26-23-20-17-14-11-8-5-2/h12,15-17,19-21,24-28,56H,4-11,13-14,18,22-23,29-55H2,1-3H3/b15-12-,19-16-,20-17-,24-21-,27-25-,28-26-. The van der Waals surface area contributed by atoms with Crippen molar-refractivity contribution in [1.82, 2.24) is 0 Å². The maximum absolute atomic E-state index is 12.8. The van der Waals surface area contributed by atoms with Crippen LogP contribution in [0.1, 0.15) is 265 Å². The van der Waals surface area contributed by atoms with Gasteiger partial charge in [0.25, 0.3) is 0 Å². The second kappa shape index (κ2) is 53.5. The number of hydrogen-bond acceptors (Lipinski definition) is 6. The topological polar surface area (TPSA) is 78.9 Å². The van der Waals surface area contributed by atoms with E-state index in [1.807, 2.05) is 0 Å². The largest absolute Gasteiger partial charge is 0.462 e. The molecule has 0 aliphatic rings. The molecule has 0 spiro atoms. The van der Waals surface area contributed by atoms with Gasteiger partial charge in [0.05, 0.1) is 0 Å². The van der Waals surface area contributed by atoms with Gasteiger partial charge in [-0.1, -0.05) is 209 Å². The van der Waals surface area contributed by atoms with E-state index in [1.54, 1.807) is 0 Å². The van der Waals surface area contributed by atoms with Gasteiger partial charge in [0.15, 0.2) is 6.10 Å². The van der Waals surface area contributed by atoms with Crippen LogP contribution in [0.15, 0.2) is 72.9 Å². The van der Waals surface area contributed by atoms with Crippen LogP contribution < -0.4 is 0 Å². The highest BCUT2D eigenvalue weighted by Gasteiger charge is 2.19. The number of carbonyl (C=O) groups excluding carboxylic acids is 3. The van der Waals surface area contributed by atoms with Gasteiger partial charge in [-0.15, -0.1) is 0 Å². The van der Waals surface area contributed by atoms with Crippen molar-refractivity contribution in [2.45, 2.75) is 271 Å². The fourth-order valence-electron chi connectivity index (χ4n) is 7.48. The molecule has 0 aliphatic carbocycles. The zero-order chi connectivity index (χ0) is 47.2. The van der Waals surface area contributed by atoms with Crippen molar-refractivity contribution in [3.8, 4) is 0 Å². The van der Waals surface area contributed by atoms with Crippen molar-refractivity contribution in [3.05, 3.63) is 72.9 Å². The van der Waals surface area contributed by atoms with E-state index in [2.05, 4.69) is 93.7 Å². The van der Waals surface area contributed by atoms with Crippen molar-refractivity contribution in [2.24, 2.45) is 0 Å². The third-order valence-electron chi connectivity index (χ3n) is 11.6. The molecule has 0 aromatic rings. The second-order valence-corrected chi connectivity index (χ2v) is 18.1. The van der Waals surface area contributed by atoms with Crippen LogP contribution in [0.3, 0.4) is 0 Å². The van der Waals surface area contributed by atoms with Crippen LogP contribution in [0, 0.1) is 0 Å². The Morgan fingerprint density at radius 2 is 0.585 bits per heavy atom. The van der Waals surface area contributed by atoms with Crippen LogP contribution in [-0.4, -0.2) is 37.2 Å². The molecule has 0 rings (SSSR count). The van der Waals surface area contributed by atoms with Crippen LogP contribution in [0.2, 0.25) is 0 Å². The number of unbranched alkanes of at least 4 members (excludes halogenated alkanes) is 26. The second-order valence-electron chi connectivity index (χ2n) is 18.1. The molecule has 0 saturated heterocycles. The van der Waals surface area contributed by atoms with E-state index in [0.29, 0.717) is 19.3 Å². The van der Waals surface area contributed by atoms with Gasteiger partial charge in [0, 0.05) is 19.3 Å². The summed E-state index contributed by atoms with van der Waals surface area (Å²) in [5.41, 5.74) is 0. The van der Waals surface area contributed by atoms with Gasteiger partial charge >= 0.3 is 17.9 Å². The highest BCUT2D eigenvalue weighted by atomic mass is 16.6. The molecule has 0 amide bonds. The summed E-state index contributed by atoms with van der Waals surface area (Å²) in [7, 11) is 0. The van der Waals surface area contributed by atoms with Crippen LogP contribution in [-0.2, 0) is 28.6 Å². The summed E-state index contributed by atoms with van der Waals surface area (Å²) in [5, 5.41) is 0. The summed E-state index contributed by atoms with van der Waals surface area (Å²) >= 11 is 0. The summed E-state index contributed by atoms with van der Waals surface area (Å²) in [6.07, 6.45) is 67.3. The number of allylic oxidation sites excluding steroid dienone is 12. The van der Waals surface area contributed by atoms with Crippen LogP contribution in [0.5, 0.6) is 0 Å². The molecular weight excluding hydrogens is 805 g/mol. The minimum absolute atomic E-state index is 0.0873. The predicted molar refractivity (Wildman–Crippen MR) is 279 cm³/mol. The van der Waals surface area contributed by atoms with E-state index in [-0.39, 0.29) is 31.1 Å². The van der Waals surface area contributed by atoms with Crippen LogP contribution in [0.25, 0.3) is 0 Å². The number of hydrogen-bond donors (Lipinski definition) is 0. The highest BCUT2D eigenvalue weighted by Crippen LogP contribution is 2.14. The molecule has 0 radical (unpaired) electrons. The summed E-state index contributed by atoms with van der Waals surface area (Å²) < 4.78 is 16.8. The van der Waals surface area contributed by atoms with Crippen LogP contribution in [0.4, 0.5) is 0 Å². The molecule has 0 aliphatic heterocycles. The molecule has 6 nitrogen and oxygen atoms in total. The molecule has 0 N–H and O–H groups in total. The lowest BCUT2D eigenvalue weighted by molar-refractivity contribution is -0.167. The average Bonchev–Trinajstić information content (AvgIpc) is 3.30. The molecular formula is C59H102O6. The number of carbonyl (C=O) groups is 3. The van der Waals surface area contributed by atoms with Crippen molar-refractivity contribution < 1.29 is 28.6 Å². The zero-order valence-electron chi connectivity index (χ0n) is 42.7. The molecule has 6 heteroatoms. The first-order chi connectivity index (χ1) is 32.0. The molecule has 1 atom stereocenters. The Labute approximate surface area is 402 Å². The van der Waals surface area contributed by atoms with Gasteiger partial charge in [-0.3, -0.25) is 14.4 Å². The van der Waals surface area contributed by atoms with Gasteiger partial charge in [-0.05, 0) is 109 Å². The third-order valence-corrected chi connectivity index (χ3v) is 11.6. The molecule has 1 unspecified atom stereocenters. The SMILES string of the molecule is CCC/C=C\C/C=C\CCCCCCCC(=O)OCC(COC(=O)CCCCCCCCC/C=C\C/C=C\CCCCC)OC(=O)CCCCCCCCC/C=C\C/C=C\CCCCC. The summed E-state index contributed by atoms with van der Waals surface area (Å²) in [5.74, 6) is -0.912. The Bertz CT molecular complexity index is 1230. The molecule has 0 fully saturated rings. The predicted octanol–water partition coefficient (Wildman–Crippen LogP) is 18.2. The van der Waals surface area contributed by atoms with Gasteiger partial charge in [-0.2, -0.15) is 0 Å². The van der Waals surface area contributed by atoms with Crippen LogP contribution >= 0.6 is 0 Å². The summed E-state index contributed by atoms with van der Waals surface area (Å²) in [6, 6.07) is 0. The van der Waals surface area contributed by atoms with Gasteiger partial charge in [0.1, 0.15) is 13.2 Å². The van der Waals surface area contributed by atoms with Gasteiger partial charge in [-0.25, -0.2) is 0 Å². The maximum Gasteiger partial charge on any atom is 0.306 e. The first-order valence-corrected chi connectivity index (χ1v) is 27.4. The van der Waals surface area contributed by atoms with Gasteiger partial charge in [0.2, 0.25) is 0 Å². The molecule has 0 saturated carbocycles. The quantitative estimate of drug-likeness (QED) is 0.0262. The fourth-order valence-corrected chi connectivity index (χ4v) is 7.48. The molecule has 0 bridgehead atoms. The average molecular weight is 907 g/mol. The molecule has 0 aromatic heterocycles. The van der Waals surface area contributed by atoms with E-state index >= 15 is 0 Å². The number of rotatable bonds is 49. The van der Waals surface area contributed by atoms with E-state index in [1.165, 1.54) is 109 Å². The number of ether oxygens (including phenoxy) is 3. The Morgan fingerprint density at radius 3 is 0.908 bits per heavy atom. The highest BCUT2D eigenvalue weighted by molar-refractivity contribution is 5.71. The number of esters is 3. The normalized spacial score (nSPS) is 12.6. The van der Waals surface area contributed by atoms with E-state index in [4.69, 9.17) is 14.2 Å². The third kappa shape index (κ3) is 51.7. The minimum atomic E-state index is -0.789. The Kier molecular flexibility index (Phi) is 50.9. The smallest absolute Gasteiger partial charge is 0.306 e. The first-order valence-electron chi connectivity index (χ1n) is 27.4. The summed E-state index contributed by atoms with van der Waals surface area (Å²) in [6.45, 7) is 6.51. The Morgan fingerprint density at radius 1 is 0.308 bits per heavy atom. The first kappa shape index (κ1) is 61.9. The molecule has 0 aromatic carbocycles. The van der Waals surface area contributed by atoms with E-state index in [9.17, 15) is 14.4 Å². The fraction of sp³-hybridized carbons (Fsp3) is 0.746. The lowest BCUT2D eigenvalue weighted by Crippen LogP contribution is -2.30.